The number of rotatable bonds is 2. The molecule has 3 heteroatoms. The summed E-state index contributed by atoms with van der Waals surface area (Å²) in [6, 6.07) is 4.43. The summed E-state index contributed by atoms with van der Waals surface area (Å²) in [5, 5.41) is 9.87. The van der Waals surface area contributed by atoms with Crippen molar-refractivity contribution in [2.75, 3.05) is 5.33 Å². The van der Waals surface area contributed by atoms with Gasteiger partial charge in [0, 0.05) is 10.9 Å². The van der Waals surface area contributed by atoms with Crippen LogP contribution in [-0.2, 0) is 0 Å². The smallest absolute Gasteiger partial charge is 0.165 e. The molecule has 0 aliphatic rings. The van der Waals surface area contributed by atoms with Gasteiger partial charge in [-0.1, -0.05) is 40.2 Å². The minimum atomic E-state index is -0.591. The number of alkyl halides is 1. The fourth-order valence-electron chi connectivity index (χ4n) is 0.838. The van der Waals surface area contributed by atoms with Crippen LogP contribution in [-0.4, -0.2) is 10.4 Å². The summed E-state index contributed by atoms with van der Waals surface area (Å²) in [6.07, 6.45) is 3.45. The molecule has 0 saturated heterocycles. The SMILES string of the molecule is Oc1c(F)cccc1C=CCBr. The van der Waals surface area contributed by atoms with Crippen LogP contribution in [0.5, 0.6) is 5.75 Å². The van der Waals surface area contributed by atoms with E-state index in [9.17, 15) is 9.50 Å². The normalized spacial score (nSPS) is 10.8. The lowest BCUT2D eigenvalue weighted by Gasteiger charge is -1.98. The van der Waals surface area contributed by atoms with E-state index in [-0.39, 0.29) is 5.75 Å². The van der Waals surface area contributed by atoms with Gasteiger partial charge in [0.1, 0.15) is 0 Å². The van der Waals surface area contributed by atoms with E-state index in [2.05, 4.69) is 15.9 Å². The van der Waals surface area contributed by atoms with Gasteiger partial charge in [-0.05, 0) is 6.07 Å². The summed E-state index contributed by atoms with van der Waals surface area (Å²) in [5.41, 5.74) is 0.495. The van der Waals surface area contributed by atoms with E-state index in [1.54, 1.807) is 24.3 Å². The van der Waals surface area contributed by atoms with Gasteiger partial charge in [-0.15, -0.1) is 0 Å². The van der Waals surface area contributed by atoms with Crippen molar-refractivity contribution < 1.29 is 9.50 Å². The van der Waals surface area contributed by atoms with Crippen LogP contribution in [0.25, 0.3) is 6.08 Å². The van der Waals surface area contributed by atoms with Crippen LogP contribution >= 0.6 is 15.9 Å². The van der Waals surface area contributed by atoms with Crippen molar-refractivity contribution in [2.45, 2.75) is 0 Å². The van der Waals surface area contributed by atoms with Crippen LogP contribution in [0.15, 0.2) is 24.3 Å². The Morgan fingerprint density at radius 3 is 2.92 bits per heavy atom. The molecule has 0 aliphatic carbocycles. The fraction of sp³-hybridized carbons (Fsp3) is 0.111. The zero-order valence-electron chi connectivity index (χ0n) is 6.30. The quantitative estimate of drug-likeness (QED) is 0.776. The highest BCUT2D eigenvalue weighted by Crippen LogP contribution is 2.21. The van der Waals surface area contributed by atoms with E-state index in [0.29, 0.717) is 10.9 Å². The first-order valence-electron chi connectivity index (χ1n) is 3.45. The van der Waals surface area contributed by atoms with Crippen molar-refractivity contribution in [1.82, 2.24) is 0 Å². The van der Waals surface area contributed by atoms with E-state index >= 15 is 0 Å². The molecular weight excluding hydrogens is 223 g/mol. The van der Waals surface area contributed by atoms with Crippen molar-refractivity contribution in [1.29, 1.82) is 0 Å². The molecule has 1 nitrogen and oxygen atoms in total. The first kappa shape index (κ1) is 9.26. The maximum Gasteiger partial charge on any atom is 0.165 e. The van der Waals surface area contributed by atoms with Crippen molar-refractivity contribution in [3.63, 3.8) is 0 Å². The number of halogens is 2. The lowest BCUT2D eigenvalue weighted by molar-refractivity contribution is 0.431. The van der Waals surface area contributed by atoms with E-state index in [0.717, 1.165) is 0 Å². The van der Waals surface area contributed by atoms with Gasteiger partial charge in [0.2, 0.25) is 0 Å². The molecule has 1 aromatic carbocycles. The van der Waals surface area contributed by atoms with Crippen LogP contribution in [0.3, 0.4) is 0 Å². The third-order valence-electron chi connectivity index (χ3n) is 1.40. The number of para-hydroxylation sites is 1. The average Bonchev–Trinajstić information content (AvgIpc) is 2.08. The number of hydrogen-bond donors (Lipinski definition) is 1. The molecule has 0 unspecified atom stereocenters. The molecule has 0 aliphatic heterocycles. The Kier molecular flexibility index (Phi) is 3.29. The molecule has 0 aromatic heterocycles. The lowest BCUT2D eigenvalue weighted by atomic mass is 10.2. The van der Waals surface area contributed by atoms with E-state index in [1.807, 2.05) is 0 Å². The second-order valence-corrected chi connectivity index (χ2v) is 2.88. The second kappa shape index (κ2) is 4.26. The van der Waals surface area contributed by atoms with Gasteiger partial charge in [0.15, 0.2) is 11.6 Å². The first-order chi connectivity index (χ1) is 5.75. The van der Waals surface area contributed by atoms with Crippen LogP contribution in [0.1, 0.15) is 5.56 Å². The number of benzene rings is 1. The molecule has 0 spiro atoms. The third-order valence-corrected chi connectivity index (χ3v) is 1.78. The number of allylic oxidation sites excluding steroid dienone is 1. The van der Waals surface area contributed by atoms with Crippen LogP contribution in [0, 0.1) is 5.82 Å². The predicted molar refractivity (Wildman–Crippen MR) is 50.9 cm³/mol. The molecule has 64 valence electrons. The predicted octanol–water partition coefficient (Wildman–Crippen LogP) is 2.94. The van der Waals surface area contributed by atoms with Gasteiger partial charge in [0.25, 0.3) is 0 Å². The zero-order chi connectivity index (χ0) is 8.97. The molecule has 0 bridgehead atoms. The Morgan fingerprint density at radius 1 is 1.50 bits per heavy atom. The molecule has 0 saturated carbocycles. The van der Waals surface area contributed by atoms with E-state index in [1.165, 1.54) is 6.07 Å². The van der Waals surface area contributed by atoms with Crippen LogP contribution < -0.4 is 0 Å². The first-order valence-corrected chi connectivity index (χ1v) is 4.58. The Balaban J connectivity index is 3.00. The van der Waals surface area contributed by atoms with Crippen molar-refractivity contribution in [2.24, 2.45) is 0 Å². The largest absolute Gasteiger partial charge is 0.504 e. The Morgan fingerprint density at radius 2 is 2.25 bits per heavy atom. The fourth-order valence-corrected chi connectivity index (χ4v) is 1.02. The highest BCUT2D eigenvalue weighted by Gasteiger charge is 2.01. The highest BCUT2D eigenvalue weighted by atomic mass is 79.9. The standard InChI is InChI=1S/C9H8BrFO/c10-6-2-4-7-3-1-5-8(11)9(7)12/h1-5,12H,6H2. The average molecular weight is 231 g/mol. The molecule has 0 amide bonds. The minimum Gasteiger partial charge on any atom is -0.504 e. The summed E-state index contributed by atoms with van der Waals surface area (Å²) in [6.45, 7) is 0. The van der Waals surface area contributed by atoms with Gasteiger partial charge in [-0.3, -0.25) is 0 Å². The zero-order valence-corrected chi connectivity index (χ0v) is 7.88. The summed E-state index contributed by atoms with van der Waals surface area (Å²) in [4.78, 5) is 0. The molecule has 0 atom stereocenters. The van der Waals surface area contributed by atoms with Crippen LogP contribution in [0.4, 0.5) is 4.39 Å². The monoisotopic (exact) mass is 230 g/mol. The van der Waals surface area contributed by atoms with Crippen molar-refractivity contribution in [3.8, 4) is 5.75 Å². The summed E-state index contributed by atoms with van der Waals surface area (Å²) in [7, 11) is 0. The number of phenols is 1. The maximum absolute atomic E-state index is 12.7. The topological polar surface area (TPSA) is 20.2 Å². The Hall–Kier alpha value is -0.830. The Bertz CT molecular complexity index is 297. The second-order valence-electron chi connectivity index (χ2n) is 2.23. The number of hydrogen-bond acceptors (Lipinski definition) is 1. The van der Waals surface area contributed by atoms with Crippen LogP contribution in [0.2, 0.25) is 0 Å². The molecule has 1 rings (SSSR count). The summed E-state index contributed by atoms with van der Waals surface area (Å²) < 4.78 is 12.7. The molecule has 12 heavy (non-hydrogen) atoms. The molecule has 1 aromatic rings. The molecule has 0 fully saturated rings. The van der Waals surface area contributed by atoms with Gasteiger partial charge >= 0.3 is 0 Å². The molecule has 1 N–H and O–H groups in total. The van der Waals surface area contributed by atoms with Gasteiger partial charge in [-0.25, -0.2) is 4.39 Å². The Labute approximate surface area is 78.7 Å². The highest BCUT2D eigenvalue weighted by molar-refractivity contribution is 9.09. The number of phenolic OH excluding ortho intramolecular Hbond substituents is 1. The van der Waals surface area contributed by atoms with E-state index < -0.39 is 5.82 Å². The molecule has 0 heterocycles. The molecule has 0 radical (unpaired) electrons. The lowest BCUT2D eigenvalue weighted by Crippen LogP contribution is -1.79. The van der Waals surface area contributed by atoms with E-state index in [4.69, 9.17) is 0 Å². The van der Waals surface area contributed by atoms with Gasteiger partial charge < -0.3 is 5.11 Å². The third kappa shape index (κ3) is 2.08. The maximum atomic E-state index is 12.7. The van der Waals surface area contributed by atoms with Crippen molar-refractivity contribution >= 4 is 22.0 Å². The number of aromatic hydroxyl groups is 1. The summed E-state index contributed by atoms with van der Waals surface area (Å²) in [5.74, 6) is -0.888. The minimum absolute atomic E-state index is 0.297. The summed E-state index contributed by atoms with van der Waals surface area (Å²) >= 11 is 3.19. The van der Waals surface area contributed by atoms with Crippen molar-refractivity contribution in [3.05, 3.63) is 35.7 Å². The molecular formula is C9H8BrFO. The van der Waals surface area contributed by atoms with Gasteiger partial charge in [-0.2, -0.15) is 0 Å². The van der Waals surface area contributed by atoms with Gasteiger partial charge in [0.05, 0.1) is 0 Å².